The van der Waals surface area contributed by atoms with Crippen LogP contribution in [-0.2, 0) is 9.47 Å². The van der Waals surface area contributed by atoms with Crippen molar-refractivity contribution >= 4 is 0 Å². The van der Waals surface area contributed by atoms with Gasteiger partial charge in [-0.3, -0.25) is 0 Å². The molecule has 1 atom stereocenters. The predicted octanol–water partition coefficient (Wildman–Crippen LogP) is 1.88. The molecule has 0 aromatic carbocycles. The first kappa shape index (κ1) is 8.34. The summed E-state index contributed by atoms with van der Waals surface area (Å²) >= 11 is 0. The van der Waals surface area contributed by atoms with Gasteiger partial charge in [-0.1, -0.05) is 6.58 Å². The van der Waals surface area contributed by atoms with Gasteiger partial charge in [-0.05, 0) is 25.5 Å². The summed E-state index contributed by atoms with van der Waals surface area (Å²) in [6, 6.07) is 0. The molecule has 1 rings (SSSR count). The summed E-state index contributed by atoms with van der Waals surface area (Å²) in [6.07, 6.45) is 2.24. The van der Waals surface area contributed by atoms with Crippen molar-refractivity contribution in [3.05, 3.63) is 24.0 Å². The molecule has 0 bridgehead atoms. The van der Waals surface area contributed by atoms with Crippen molar-refractivity contribution in [2.45, 2.75) is 20.0 Å². The van der Waals surface area contributed by atoms with Crippen molar-refractivity contribution in [3.63, 3.8) is 0 Å². The Bertz CT molecular complexity index is 178. The third-order valence-corrected chi connectivity index (χ3v) is 1.51. The van der Waals surface area contributed by atoms with Gasteiger partial charge in [0.1, 0.15) is 18.5 Å². The van der Waals surface area contributed by atoms with E-state index in [9.17, 15) is 0 Å². The van der Waals surface area contributed by atoms with E-state index in [1.807, 2.05) is 19.9 Å². The molecule has 1 heterocycles. The van der Waals surface area contributed by atoms with Gasteiger partial charge < -0.3 is 9.47 Å². The summed E-state index contributed by atoms with van der Waals surface area (Å²) in [4.78, 5) is 0. The fourth-order valence-corrected chi connectivity index (χ4v) is 0.800. The monoisotopic (exact) mass is 154 g/mol. The van der Waals surface area contributed by atoms with Gasteiger partial charge in [0.05, 0.1) is 6.61 Å². The Hall–Kier alpha value is -0.760. The summed E-state index contributed by atoms with van der Waals surface area (Å²) in [5, 5.41) is 0. The van der Waals surface area contributed by atoms with Crippen molar-refractivity contribution in [2.75, 3.05) is 13.2 Å². The van der Waals surface area contributed by atoms with Crippen LogP contribution in [0.4, 0.5) is 0 Å². The number of epoxide rings is 1. The van der Waals surface area contributed by atoms with E-state index in [4.69, 9.17) is 9.47 Å². The maximum atomic E-state index is 5.41. The van der Waals surface area contributed by atoms with Crippen LogP contribution in [0.25, 0.3) is 0 Å². The predicted molar refractivity (Wildman–Crippen MR) is 44.3 cm³/mol. The molecule has 0 amide bonds. The first-order valence-corrected chi connectivity index (χ1v) is 3.80. The molecule has 0 aromatic rings. The molecule has 2 heteroatoms. The van der Waals surface area contributed by atoms with Crippen molar-refractivity contribution < 1.29 is 9.47 Å². The lowest BCUT2D eigenvalue weighted by Crippen LogP contribution is -2.01. The van der Waals surface area contributed by atoms with E-state index >= 15 is 0 Å². The Balaban J connectivity index is 2.25. The Morgan fingerprint density at radius 2 is 2.45 bits per heavy atom. The molecule has 0 aliphatic carbocycles. The quantitative estimate of drug-likeness (QED) is 0.350. The van der Waals surface area contributed by atoms with Crippen LogP contribution < -0.4 is 0 Å². The summed E-state index contributed by atoms with van der Waals surface area (Å²) < 4.78 is 10.4. The smallest absolute Gasteiger partial charge is 0.117 e. The van der Waals surface area contributed by atoms with E-state index in [2.05, 4.69) is 6.58 Å². The molecule has 1 aliphatic heterocycles. The van der Waals surface area contributed by atoms with Gasteiger partial charge in [-0.15, -0.1) is 0 Å². The van der Waals surface area contributed by atoms with Crippen LogP contribution in [0.1, 0.15) is 13.8 Å². The van der Waals surface area contributed by atoms with E-state index in [0.717, 1.165) is 17.9 Å². The van der Waals surface area contributed by atoms with Crippen molar-refractivity contribution in [2.24, 2.45) is 0 Å². The maximum Gasteiger partial charge on any atom is 0.117 e. The minimum absolute atomic E-state index is 0.323. The van der Waals surface area contributed by atoms with Gasteiger partial charge in [0.2, 0.25) is 0 Å². The summed E-state index contributed by atoms with van der Waals surface area (Å²) in [5.74, 6) is 0.875. The highest BCUT2D eigenvalue weighted by atomic mass is 16.6. The first-order valence-electron chi connectivity index (χ1n) is 3.80. The second-order valence-electron chi connectivity index (χ2n) is 2.70. The molecular weight excluding hydrogens is 140 g/mol. The lowest BCUT2D eigenvalue weighted by molar-refractivity contribution is 0.189. The second kappa shape index (κ2) is 3.58. The molecule has 0 saturated carbocycles. The van der Waals surface area contributed by atoms with Crippen LogP contribution in [0.15, 0.2) is 24.0 Å². The molecule has 0 spiro atoms. The molecule has 1 saturated heterocycles. The van der Waals surface area contributed by atoms with Gasteiger partial charge in [-0.2, -0.15) is 0 Å². The van der Waals surface area contributed by atoms with Crippen LogP contribution in [0.5, 0.6) is 0 Å². The molecular formula is C9H14O2. The molecule has 0 aromatic heterocycles. The second-order valence-corrected chi connectivity index (χ2v) is 2.70. The highest BCUT2D eigenvalue weighted by Crippen LogP contribution is 2.14. The molecule has 11 heavy (non-hydrogen) atoms. The molecule has 1 unspecified atom stereocenters. The topological polar surface area (TPSA) is 21.8 Å². The average Bonchev–Trinajstić information content (AvgIpc) is 2.72. The van der Waals surface area contributed by atoms with E-state index < -0.39 is 0 Å². The van der Waals surface area contributed by atoms with Crippen LogP contribution in [-0.4, -0.2) is 19.3 Å². The standard InChI is InChI=1S/C9H14O2/c1-4-9(7(2)3)11-6-8-5-10-8/h4,8H,2,5-6H2,1,3H3. The summed E-state index contributed by atoms with van der Waals surface area (Å²) in [6.45, 7) is 9.17. The molecule has 2 nitrogen and oxygen atoms in total. The van der Waals surface area contributed by atoms with Gasteiger partial charge in [0, 0.05) is 0 Å². The van der Waals surface area contributed by atoms with Crippen molar-refractivity contribution in [1.29, 1.82) is 0 Å². The minimum Gasteiger partial charge on any atom is -0.491 e. The van der Waals surface area contributed by atoms with Crippen LogP contribution >= 0.6 is 0 Å². The maximum absolute atomic E-state index is 5.41. The van der Waals surface area contributed by atoms with E-state index in [1.54, 1.807) is 0 Å². The van der Waals surface area contributed by atoms with Crippen molar-refractivity contribution in [1.82, 2.24) is 0 Å². The van der Waals surface area contributed by atoms with Gasteiger partial charge in [0.15, 0.2) is 0 Å². The van der Waals surface area contributed by atoms with Gasteiger partial charge >= 0.3 is 0 Å². The minimum atomic E-state index is 0.323. The lowest BCUT2D eigenvalue weighted by Gasteiger charge is -2.07. The Morgan fingerprint density at radius 1 is 1.82 bits per heavy atom. The third kappa shape index (κ3) is 2.76. The molecule has 0 N–H and O–H groups in total. The Morgan fingerprint density at radius 3 is 2.82 bits per heavy atom. The molecule has 62 valence electrons. The van der Waals surface area contributed by atoms with Crippen LogP contribution in [0.3, 0.4) is 0 Å². The highest BCUT2D eigenvalue weighted by Gasteiger charge is 2.23. The highest BCUT2D eigenvalue weighted by molar-refractivity contribution is 5.19. The number of allylic oxidation sites excluding steroid dienone is 2. The number of rotatable bonds is 4. The fourth-order valence-electron chi connectivity index (χ4n) is 0.800. The lowest BCUT2D eigenvalue weighted by atomic mass is 10.3. The summed E-state index contributed by atoms with van der Waals surface area (Å²) in [5.41, 5.74) is 0.966. The normalized spacial score (nSPS) is 23.1. The zero-order chi connectivity index (χ0) is 8.27. The van der Waals surface area contributed by atoms with E-state index in [1.165, 1.54) is 0 Å². The number of hydrogen-bond acceptors (Lipinski definition) is 2. The van der Waals surface area contributed by atoms with Gasteiger partial charge in [0.25, 0.3) is 0 Å². The Kier molecular flexibility index (Phi) is 2.71. The number of ether oxygens (including phenoxy) is 2. The number of hydrogen-bond donors (Lipinski definition) is 0. The average molecular weight is 154 g/mol. The van der Waals surface area contributed by atoms with Crippen molar-refractivity contribution in [3.8, 4) is 0 Å². The third-order valence-electron chi connectivity index (χ3n) is 1.51. The van der Waals surface area contributed by atoms with Crippen LogP contribution in [0, 0.1) is 0 Å². The fraction of sp³-hybridized carbons (Fsp3) is 0.556. The van der Waals surface area contributed by atoms with Gasteiger partial charge in [-0.25, -0.2) is 0 Å². The first-order chi connectivity index (χ1) is 5.24. The van der Waals surface area contributed by atoms with Crippen LogP contribution in [0.2, 0.25) is 0 Å². The summed E-state index contributed by atoms with van der Waals surface area (Å²) in [7, 11) is 0. The molecule has 1 aliphatic rings. The largest absolute Gasteiger partial charge is 0.491 e. The molecule has 0 radical (unpaired) electrons. The van der Waals surface area contributed by atoms with E-state index in [-0.39, 0.29) is 0 Å². The Labute approximate surface area is 67.5 Å². The molecule has 1 fully saturated rings. The SMILES string of the molecule is C=C(C)C(=CC)OCC1CO1. The zero-order valence-electron chi connectivity index (χ0n) is 7.09. The zero-order valence-corrected chi connectivity index (χ0v) is 7.09. The van der Waals surface area contributed by atoms with E-state index in [0.29, 0.717) is 12.7 Å².